The van der Waals surface area contributed by atoms with E-state index in [2.05, 4.69) is 36.5 Å². The lowest BCUT2D eigenvalue weighted by atomic mass is 10.1. The molecule has 2 nitrogen and oxygen atoms in total. The van der Waals surface area contributed by atoms with E-state index in [9.17, 15) is 5.11 Å². The van der Waals surface area contributed by atoms with Crippen molar-refractivity contribution >= 4 is 11.8 Å². The first-order valence-corrected chi connectivity index (χ1v) is 7.09. The Labute approximate surface area is 109 Å². The van der Waals surface area contributed by atoms with Crippen molar-refractivity contribution in [2.24, 2.45) is 0 Å². The molecule has 2 N–H and O–H groups in total. The van der Waals surface area contributed by atoms with Crippen LogP contribution in [0.15, 0.2) is 29.2 Å². The van der Waals surface area contributed by atoms with Crippen LogP contribution in [0.1, 0.15) is 38.8 Å². The van der Waals surface area contributed by atoms with Crippen LogP contribution in [0.5, 0.6) is 0 Å². The van der Waals surface area contributed by atoms with Gasteiger partial charge in [0.2, 0.25) is 0 Å². The van der Waals surface area contributed by atoms with Gasteiger partial charge in [0.05, 0.1) is 5.60 Å². The maximum Gasteiger partial charge on any atom is 0.0710 e. The maximum atomic E-state index is 9.93. The van der Waals surface area contributed by atoms with Gasteiger partial charge in [-0.25, -0.2) is 0 Å². The van der Waals surface area contributed by atoms with Crippen LogP contribution in [0.4, 0.5) is 0 Å². The molecule has 17 heavy (non-hydrogen) atoms. The number of rotatable bonds is 6. The molecule has 0 bridgehead atoms. The normalized spacial score (nSPS) is 16.5. The Balaban J connectivity index is 2.57. The largest absolute Gasteiger partial charge is 0.389 e. The first kappa shape index (κ1) is 14.6. The number of benzene rings is 1. The molecule has 96 valence electrons. The third-order valence-electron chi connectivity index (χ3n) is 3.12. The number of hydrogen-bond acceptors (Lipinski definition) is 3. The van der Waals surface area contributed by atoms with Crippen molar-refractivity contribution in [2.45, 2.75) is 43.7 Å². The summed E-state index contributed by atoms with van der Waals surface area (Å²) in [5, 5.41) is 13.2. The molecule has 2 atom stereocenters. The molecule has 0 saturated heterocycles. The lowest BCUT2D eigenvalue weighted by Crippen LogP contribution is -2.25. The van der Waals surface area contributed by atoms with E-state index >= 15 is 0 Å². The van der Waals surface area contributed by atoms with Gasteiger partial charge < -0.3 is 10.4 Å². The van der Waals surface area contributed by atoms with Crippen molar-refractivity contribution in [1.29, 1.82) is 0 Å². The van der Waals surface area contributed by atoms with E-state index in [0.717, 1.165) is 12.2 Å². The highest BCUT2D eigenvalue weighted by Gasteiger charge is 2.17. The summed E-state index contributed by atoms with van der Waals surface area (Å²) in [7, 11) is 1.96. The van der Waals surface area contributed by atoms with Crippen LogP contribution in [0.25, 0.3) is 0 Å². The van der Waals surface area contributed by atoms with Crippen LogP contribution in [0, 0.1) is 0 Å². The van der Waals surface area contributed by atoms with Crippen LogP contribution in [-0.4, -0.2) is 23.5 Å². The highest BCUT2D eigenvalue weighted by atomic mass is 32.2. The van der Waals surface area contributed by atoms with Crippen molar-refractivity contribution < 1.29 is 5.11 Å². The van der Waals surface area contributed by atoms with Gasteiger partial charge in [-0.1, -0.05) is 19.1 Å². The molecule has 0 aliphatic rings. The number of thioether (sulfide) groups is 1. The van der Waals surface area contributed by atoms with Crippen LogP contribution >= 0.6 is 11.8 Å². The van der Waals surface area contributed by atoms with Gasteiger partial charge in [0.25, 0.3) is 0 Å². The zero-order valence-corrected chi connectivity index (χ0v) is 12.0. The molecule has 0 amide bonds. The predicted octanol–water partition coefficient (Wildman–Crippen LogP) is 3.22. The molecule has 3 heteroatoms. The summed E-state index contributed by atoms with van der Waals surface area (Å²) >= 11 is 1.71. The van der Waals surface area contributed by atoms with Crippen molar-refractivity contribution in [2.75, 3.05) is 12.8 Å². The van der Waals surface area contributed by atoms with E-state index in [1.54, 1.807) is 11.8 Å². The second kappa shape index (κ2) is 6.43. The van der Waals surface area contributed by atoms with Crippen molar-refractivity contribution in [1.82, 2.24) is 5.32 Å². The summed E-state index contributed by atoms with van der Waals surface area (Å²) < 4.78 is 0. The Morgan fingerprint density at radius 1 is 1.35 bits per heavy atom. The highest BCUT2D eigenvalue weighted by Crippen LogP contribution is 2.25. The van der Waals surface area contributed by atoms with E-state index < -0.39 is 5.60 Å². The number of hydrogen-bond donors (Lipinski definition) is 2. The summed E-state index contributed by atoms with van der Waals surface area (Å²) in [5.74, 6) is 0.741. The van der Waals surface area contributed by atoms with Crippen molar-refractivity contribution in [3.63, 3.8) is 0 Å². The van der Waals surface area contributed by atoms with E-state index in [0.29, 0.717) is 6.04 Å². The monoisotopic (exact) mass is 253 g/mol. The molecule has 0 saturated carbocycles. The van der Waals surface area contributed by atoms with Crippen LogP contribution in [-0.2, 0) is 0 Å². The molecule has 2 unspecified atom stereocenters. The molecular formula is C14H23NOS. The van der Waals surface area contributed by atoms with Crippen LogP contribution in [0.3, 0.4) is 0 Å². The second-order valence-corrected chi connectivity index (χ2v) is 5.77. The first-order valence-electron chi connectivity index (χ1n) is 6.11. The van der Waals surface area contributed by atoms with E-state index in [4.69, 9.17) is 0 Å². The Kier molecular flexibility index (Phi) is 5.50. The van der Waals surface area contributed by atoms with Gasteiger partial charge in [-0.2, -0.15) is 0 Å². The maximum absolute atomic E-state index is 9.93. The summed E-state index contributed by atoms with van der Waals surface area (Å²) in [6, 6.07) is 8.92. The fourth-order valence-corrected chi connectivity index (χ4v) is 2.37. The second-order valence-electron chi connectivity index (χ2n) is 4.72. The Hall–Kier alpha value is -0.510. The van der Waals surface area contributed by atoms with Gasteiger partial charge in [-0.3, -0.25) is 0 Å². The lowest BCUT2D eigenvalue weighted by Gasteiger charge is -2.20. The summed E-state index contributed by atoms with van der Waals surface area (Å²) in [5.41, 5.74) is 0.723. The molecular weight excluding hydrogens is 230 g/mol. The molecule has 0 aliphatic heterocycles. The molecule has 0 aromatic heterocycles. The molecule has 0 aliphatic carbocycles. The van der Waals surface area contributed by atoms with Gasteiger partial charge in [0.15, 0.2) is 0 Å². The van der Waals surface area contributed by atoms with E-state index in [-0.39, 0.29) is 0 Å². The zero-order valence-electron chi connectivity index (χ0n) is 11.2. The number of aliphatic hydroxyl groups is 1. The van der Waals surface area contributed by atoms with Gasteiger partial charge in [-0.15, -0.1) is 11.8 Å². The standard InChI is InChI=1S/C14H23NOS/c1-5-14(3,16)10-17-13-8-6-12(7-9-13)11(2)15-4/h6-9,11,15-16H,5,10H2,1-4H3. The predicted molar refractivity (Wildman–Crippen MR) is 75.6 cm³/mol. The topological polar surface area (TPSA) is 32.3 Å². The van der Waals surface area contributed by atoms with Crippen molar-refractivity contribution in [3.8, 4) is 0 Å². The van der Waals surface area contributed by atoms with Gasteiger partial charge in [0.1, 0.15) is 0 Å². The minimum Gasteiger partial charge on any atom is -0.389 e. The van der Waals surface area contributed by atoms with E-state index in [1.165, 1.54) is 10.5 Å². The first-order chi connectivity index (χ1) is 7.98. The third kappa shape index (κ3) is 4.70. The fourth-order valence-electron chi connectivity index (χ4n) is 1.36. The Bertz CT molecular complexity index is 335. The third-order valence-corrected chi connectivity index (χ3v) is 4.50. The fraction of sp³-hybridized carbons (Fsp3) is 0.571. The zero-order chi connectivity index (χ0) is 12.9. The average molecular weight is 253 g/mol. The average Bonchev–Trinajstić information content (AvgIpc) is 2.36. The van der Waals surface area contributed by atoms with Crippen LogP contribution in [0.2, 0.25) is 0 Å². The smallest absolute Gasteiger partial charge is 0.0710 e. The Morgan fingerprint density at radius 2 is 1.94 bits per heavy atom. The molecule has 1 aromatic carbocycles. The van der Waals surface area contributed by atoms with Crippen LogP contribution < -0.4 is 5.32 Å². The Morgan fingerprint density at radius 3 is 2.41 bits per heavy atom. The van der Waals surface area contributed by atoms with Gasteiger partial charge in [-0.05, 0) is 45.0 Å². The molecule has 0 fully saturated rings. The SMILES string of the molecule is CCC(C)(O)CSc1ccc(C(C)NC)cc1. The quantitative estimate of drug-likeness (QED) is 0.764. The number of nitrogens with one attached hydrogen (secondary N) is 1. The molecule has 0 spiro atoms. The minimum atomic E-state index is -0.568. The van der Waals surface area contributed by atoms with Gasteiger partial charge >= 0.3 is 0 Å². The van der Waals surface area contributed by atoms with Gasteiger partial charge in [0, 0.05) is 16.7 Å². The molecule has 1 rings (SSSR count). The van der Waals surface area contributed by atoms with Crippen molar-refractivity contribution in [3.05, 3.63) is 29.8 Å². The summed E-state index contributed by atoms with van der Waals surface area (Å²) in [6.45, 7) is 6.04. The molecule has 0 radical (unpaired) electrons. The summed E-state index contributed by atoms with van der Waals surface area (Å²) in [6.07, 6.45) is 0.787. The minimum absolute atomic E-state index is 0.382. The highest BCUT2D eigenvalue weighted by molar-refractivity contribution is 7.99. The summed E-state index contributed by atoms with van der Waals surface area (Å²) in [4.78, 5) is 1.21. The molecule has 1 aromatic rings. The molecule has 0 heterocycles. The van der Waals surface area contributed by atoms with E-state index in [1.807, 2.05) is 20.9 Å². The lowest BCUT2D eigenvalue weighted by molar-refractivity contribution is 0.0816.